The lowest BCUT2D eigenvalue weighted by Gasteiger charge is -2.17. The molecule has 0 atom stereocenters. The van der Waals surface area contributed by atoms with Crippen molar-refractivity contribution in [2.24, 2.45) is 0 Å². The van der Waals surface area contributed by atoms with Gasteiger partial charge in [0.05, 0.1) is 13.8 Å². The summed E-state index contributed by atoms with van der Waals surface area (Å²) in [5.41, 5.74) is 5.04. The second-order valence-electron chi connectivity index (χ2n) is 4.97. The molecule has 0 radical (unpaired) electrons. The maximum atomic E-state index is 8.49. The summed E-state index contributed by atoms with van der Waals surface area (Å²) < 4.78 is 39.5. The highest BCUT2D eigenvalue weighted by atomic mass is 35.7. The normalized spacial score (nSPS) is 11.0. The van der Waals surface area contributed by atoms with Crippen LogP contribution in [-0.2, 0) is 0 Å². The fourth-order valence-electron chi connectivity index (χ4n) is 2.41. The summed E-state index contributed by atoms with van der Waals surface area (Å²) in [6.07, 6.45) is 0. The van der Waals surface area contributed by atoms with Crippen molar-refractivity contribution in [2.75, 3.05) is 0 Å². The largest absolute Gasteiger partial charge is 0.327 e. The third-order valence-corrected chi connectivity index (χ3v) is 3.14. The van der Waals surface area contributed by atoms with Crippen molar-refractivity contribution in [1.82, 2.24) is 0 Å². The summed E-state index contributed by atoms with van der Waals surface area (Å²) >= 11 is 0. The Morgan fingerprint density at radius 2 is 1.22 bits per heavy atom. The smallest absolute Gasteiger partial charge is 0.222 e. The summed E-state index contributed by atoms with van der Waals surface area (Å²) in [4.78, 5) is 0. The second kappa shape index (κ2) is 7.04. The van der Waals surface area contributed by atoms with E-state index in [-0.39, 0.29) is 0 Å². The van der Waals surface area contributed by atoms with Crippen LogP contribution in [0, 0.1) is 24.1 Å². The van der Waals surface area contributed by atoms with Crippen LogP contribution in [0.4, 0.5) is 0 Å². The van der Waals surface area contributed by atoms with Crippen LogP contribution in [0.5, 0.6) is 0 Å². The fourth-order valence-corrected chi connectivity index (χ4v) is 2.41. The number of fused-ring (bicyclic) bond motifs is 1. The third kappa shape index (κ3) is 5.28. The summed E-state index contributed by atoms with van der Waals surface area (Å²) in [5.74, 6) is 1.89. The molecule has 0 unspecified atom stereocenters. The van der Waals surface area contributed by atoms with E-state index in [1.54, 1.807) is 0 Å². The maximum absolute atomic E-state index is 8.49. The molecule has 0 bridgehead atoms. The lowest BCUT2D eigenvalue weighted by atomic mass is 10.0. The van der Waals surface area contributed by atoms with Crippen LogP contribution in [0.2, 0.25) is 0 Å². The molecule has 23 heavy (non-hydrogen) atoms. The van der Waals surface area contributed by atoms with E-state index in [9.17, 15) is 0 Å². The summed E-state index contributed by atoms with van der Waals surface area (Å²) in [7, 11) is -4.94. The molecule has 0 spiro atoms. The lowest BCUT2D eigenvalue weighted by molar-refractivity contribution is -2.00. The molecule has 0 aliphatic heterocycles. The predicted molar refractivity (Wildman–Crippen MR) is 74.6 cm³/mol. The van der Waals surface area contributed by atoms with Gasteiger partial charge in [0.15, 0.2) is 0 Å². The van der Waals surface area contributed by atoms with Gasteiger partial charge in [-0.2, -0.15) is 0 Å². The highest BCUT2D eigenvalue weighted by molar-refractivity contribution is 5.86. The molecule has 6 heteroatoms. The number of rotatable bonds is 1. The molecule has 120 valence electrons. The molecule has 0 N–H and O–H groups in total. The van der Waals surface area contributed by atoms with Crippen molar-refractivity contribution in [1.29, 1.82) is 0 Å². The van der Waals surface area contributed by atoms with Gasteiger partial charge in [-0.3, -0.25) is 0 Å². The van der Waals surface area contributed by atoms with Crippen LogP contribution in [0.1, 0.15) is 11.5 Å². The number of hydrogen-bond acceptors (Lipinski definition) is 4. The molecular formula is C17H15ClO5. The van der Waals surface area contributed by atoms with Crippen molar-refractivity contribution < 1.29 is 33.3 Å². The third-order valence-electron chi connectivity index (χ3n) is 3.14. The van der Waals surface area contributed by atoms with E-state index in [2.05, 4.69) is 54.6 Å². The second-order valence-corrected chi connectivity index (χ2v) is 5.73. The van der Waals surface area contributed by atoms with Crippen molar-refractivity contribution in [3.05, 3.63) is 66.1 Å². The minimum Gasteiger partial charge on any atom is -0.222 e. The Kier molecular flexibility index (Phi) is 5.30. The Morgan fingerprint density at radius 1 is 0.696 bits per heavy atom. The zero-order valence-electron chi connectivity index (χ0n) is 12.6. The Labute approximate surface area is 136 Å². The van der Waals surface area contributed by atoms with Gasteiger partial charge >= 0.3 is 11.5 Å². The van der Waals surface area contributed by atoms with Crippen molar-refractivity contribution >= 4 is 0 Å². The molecule has 5 nitrogen and oxygen atoms in total. The van der Waals surface area contributed by atoms with Gasteiger partial charge in [-0.25, -0.2) is 23.1 Å². The first-order chi connectivity index (χ1) is 10.7. The monoisotopic (exact) mass is 334 g/mol. The Bertz CT molecular complexity index is 741. The minimum atomic E-state index is -4.94. The van der Waals surface area contributed by atoms with E-state index >= 15 is 0 Å². The van der Waals surface area contributed by atoms with E-state index in [1.807, 2.05) is 13.8 Å². The zero-order chi connectivity index (χ0) is 17.0. The van der Waals surface area contributed by atoms with Gasteiger partial charge in [0.2, 0.25) is 0 Å². The van der Waals surface area contributed by atoms with Crippen LogP contribution in [-0.4, -0.2) is 0 Å². The maximum Gasteiger partial charge on any atom is 0.327 e. The molecule has 2 aliphatic rings. The first-order valence-electron chi connectivity index (χ1n) is 6.75. The van der Waals surface area contributed by atoms with Crippen LogP contribution in [0.15, 0.2) is 59.0 Å². The fraction of sp³-hybridized carbons (Fsp3) is 0.118. The van der Waals surface area contributed by atoms with Crippen LogP contribution >= 0.6 is 0 Å². The standard InChI is InChI=1S/C17H15O.ClHO4/c1-12-10-15(11-13(2)18-12)17-9-8-14-6-4-3-5-7-16(14)17;2-1(3,4)5/h3-11H,1-2H3;(H,2,3,4,5)/q+1;/p-1. The lowest BCUT2D eigenvalue weighted by Crippen LogP contribution is -2.68. The average molecular weight is 335 g/mol. The summed E-state index contributed by atoms with van der Waals surface area (Å²) in [5, 5.41) is 0. The topological polar surface area (TPSA) is 104 Å². The van der Waals surface area contributed by atoms with E-state index in [0.717, 1.165) is 11.5 Å². The Hall–Kier alpha value is -2.02. The SMILES string of the molecule is Cc1cc(-c2ccc3cccccc2-3)cc(C)[o+]1.[O-][Cl+3]([O-])([O-])[O-]. The first kappa shape index (κ1) is 17.3. The molecule has 1 aromatic rings. The number of halogens is 1. The predicted octanol–water partition coefficient (Wildman–Crippen LogP) is 0.193. The molecule has 0 aromatic carbocycles. The van der Waals surface area contributed by atoms with Crippen LogP contribution < -0.4 is 18.6 Å². The van der Waals surface area contributed by atoms with E-state index in [0.29, 0.717) is 0 Å². The van der Waals surface area contributed by atoms with Crippen molar-refractivity contribution in [3.63, 3.8) is 0 Å². The van der Waals surface area contributed by atoms with E-state index in [4.69, 9.17) is 23.1 Å². The van der Waals surface area contributed by atoms with Gasteiger partial charge in [-0.05, 0) is 16.7 Å². The van der Waals surface area contributed by atoms with Crippen LogP contribution in [0.25, 0.3) is 22.3 Å². The number of hydrogen-bond donors (Lipinski definition) is 0. The molecule has 0 saturated carbocycles. The number of aryl methyl sites for hydroxylation is 2. The average Bonchev–Trinajstić information content (AvgIpc) is 2.65. The van der Waals surface area contributed by atoms with Crippen molar-refractivity contribution in [2.45, 2.75) is 13.8 Å². The highest BCUT2D eigenvalue weighted by Crippen LogP contribution is 2.35. The molecular weight excluding hydrogens is 320 g/mol. The molecule has 1 heterocycles. The van der Waals surface area contributed by atoms with Gasteiger partial charge in [0.25, 0.3) is 0 Å². The zero-order valence-corrected chi connectivity index (χ0v) is 13.4. The molecule has 2 aliphatic carbocycles. The van der Waals surface area contributed by atoms with Gasteiger partial charge in [0.1, 0.15) is 0 Å². The van der Waals surface area contributed by atoms with Gasteiger partial charge < -0.3 is 0 Å². The highest BCUT2D eigenvalue weighted by Gasteiger charge is 2.14. The molecule has 0 fully saturated rings. The summed E-state index contributed by atoms with van der Waals surface area (Å²) in [6.45, 7) is 3.98. The van der Waals surface area contributed by atoms with Gasteiger partial charge in [-0.15, -0.1) is 10.2 Å². The Balaban J connectivity index is 0.000000338. The van der Waals surface area contributed by atoms with Crippen molar-refractivity contribution in [3.8, 4) is 22.3 Å². The molecule has 1 aromatic heterocycles. The minimum absolute atomic E-state index is 0.944. The quantitative estimate of drug-likeness (QED) is 0.591. The van der Waals surface area contributed by atoms with Gasteiger partial charge in [-0.1, -0.05) is 42.5 Å². The van der Waals surface area contributed by atoms with Gasteiger partial charge in [0, 0.05) is 17.7 Å². The van der Waals surface area contributed by atoms with Crippen LogP contribution in [0.3, 0.4) is 0 Å². The molecule has 0 saturated heterocycles. The molecule has 0 amide bonds. The summed E-state index contributed by atoms with van der Waals surface area (Å²) in [6, 6.07) is 19.1. The first-order valence-corrected chi connectivity index (χ1v) is 7.99. The van der Waals surface area contributed by atoms with E-state index < -0.39 is 10.2 Å². The van der Waals surface area contributed by atoms with E-state index in [1.165, 1.54) is 22.3 Å². The molecule has 3 rings (SSSR count). The Morgan fingerprint density at radius 3 is 1.83 bits per heavy atom.